The molecule has 0 unspecified atom stereocenters. The number of fused-ring (bicyclic) bond motifs is 1. The molecule has 1 aliphatic rings. The molecule has 0 saturated heterocycles. The van der Waals surface area contributed by atoms with E-state index >= 15 is 0 Å². The maximum Gasteiger partial charge on any atom is 0.255 e. The van der Waals surface area contributed by atoms with Gasteiger partial charge in [-0.05, 0) is 18.2 Å². The lowest BCUT2D eigenvalue weighted by Crippen LogP contribution is -2.31. The van der Waals surface area contributed by atoms with Crippen molar-refractivity contribution >= 4 is 34.7 Å². The zero-order chi connectivity index (χ0) is 22.7. The lowest BCUT2D eigenvalue weighted by Gasteiger charge is -2.17. The van der Waals surface area contributed by atoms with E-state index in [0.717, 1.165) is 5.69 Å². The van der Waals surface area contributed by atoms with Gasteiger partial charge in [-0.2, -0.15) is 0 Å². The average Bonchev–Trinajstić information content (AvgIpc) is 3.14. The molecule has 9 nitrogen and oxygen atoms in total. The number of carbonyl (C=O) groups excluding carboxylic acids is 1. The number of benzene rings is 1. The Morgan fingerprint density at radius 1 is 1.28 bits per heavy atom. The van der Waals surface area contributed by atoms with E-state index in [0.29, 0.717) is 76.7 Å². The van der Waals surface area contributed by atoms with Crippen LogP contribution in [0, 0.1) is 0 Å². The summed E-state index contributed by atoms with van der Waals surface area (Å²) in [7, 11) is 3.14. The minimum Gasteiger partial charge on any atom is -0.493 e. The summed E-state index contributed by atoms with van der Waals surface area (Å²) >= 11 is 6.31. The number of hydrogen-bond acceptors (Lipinski definition) is 7. The molecular formula is C22H24ClN5O4. The van der Waals surface area contributed by atoms with Gasteiger partial charge in [0.1, 0.15) is 18.2 Å². The number of ether oxygens (including phenoxy) is 3. The molecule has 0 bridgehead atoms. The van der Waals surface area contributed by atoms with E-state index in [-0.39, 0.29) is 5.91 Å². The predicted molar refractivity (Wildman–Crippen MR) is 123 cm³/mol. The number of H-pyrrole nitrogens is 1. The molecule has 32 heavy (non-hydrogen) atoms. The van der Waals surface area contributed by atoms with Crippen LogP contribution in [0.1, 0.15) is 16.1 Å². The van der Waals surface area contributed by atoms with Crippen molar-refractivity contribution in [3.63, 3.8) is 0 Å². The van der Waals surface area contributed by atoms with Gasteiger partial charge in [0.05, 0.1) is 47.6 Å². The van der Waals surface area contributed by atoms with E-state index in [9.17, 15) is 4.79 Å². The third-order valence-corrected chi connectivity index (χ3v) is 5.40. The van der Waals surface area contributed by atoms with Crippen molar-refractivity contribution in [2.45, 2.75) is 6.42 Å². The van der Waals surface area contributed by atoms with Crippen LogP contribution in [0.15, 0.2) is 30.5 Å². The fourth-order valence-electron chi connectivity index (χ4n) is 3.66. The van der Waals surface area contributed by atoms with Crippen LogP contribution >= 0.6 is 11.6 Å². The summed E-state index contributed by atoms with van der Waals surface area (Å²) in [5.41, 5.74) is 9.83. The van der Waals surface area contributed by atoms with Crippen LogP contribution < -0.4 is 25.8 Å². The van der Waals surface area contributed by atoms with Crippen molar-refractivity contribution in [2.24, 2.45) is 0 Å². The van der Waals surface area contributed by atoms with Crippen molar-refractivity contribution in [1.82, 2.24) is 15.3 Å². The Morgan fingerprint density at radius 2 is 2.12 bits per heavy atom. The molecule has 1 amide bonds. The minimum absolute atomic E-state index is 0.180. The van der Waals surface area contributed by atoms with Crippen LogP contribution in [0.25, 0.3) is 11.3 Å². The number of nitrogens with one attached hydrogen (secondary N) is 3. The number of aromatic amines is 1. The van der Waals surface area contributed by atoms with Gasteiger partial charge in [-0.25, -0.2) is 4.98 Å². The zero-order valence-electron chi connectivity index (χ0n) is 17.8. The van der Waals surface area contributed by atoms with Crippen LogP contribution in [0.3, 0.4) is 0 Å². The smallest absolute Gasteiger partial charge is 0.255 e. The molecule has 2 aromatic heterocycles. The lowest BCUT2D eigenvalue weighted by atomic mass is 10.0. The number of nitrogen functional groups attached to an aromatic ring is 1. The number of anilines is 3. The topological polar surface area (TPSA) is 124 Å². The summed E-state index contributed by atoms with van der Waals surface area (Å²) in [4.78, 5) is 20.4. The largest absolute Gasteiger partial charge is 0.493 e. The fourth-order valence-corrected chi connectivity index (χ4v) is 3.91. The maximum atomic E-state index is 12.8. The molecule has 0 saturated carbocycles. The maximum absolute atomic E-state index is 12.8. The van der Waals surface area contributed by atoms with E-state index < -0.39 is 0 Å². The number of methoxy groups -OCH3 is 2. The Kier molecular flexibility index (Phi) is 6.38. The van der Waals surface area contributed by atoms with E-state index in [1.54, 1.807) is 31.5 Å². The average molecular weight is 458 g/mol. The van der Waals surface area contributed by atoms with Crippen molar-refractivity contribution < 1.29 is 19.0 Å². The number of amides is 1. The van der Waals surface area contributed by atoms with Gasteiger partial charge in [-0.3, -0.25) is 4.79 Å². The highest BCUT2D eigenvalue weighted by Crippen LogP contribution is 2.43. The summed E-state index contributed by atoms with van der Waals surface area (Å²) < 4.78 is 16.4. The lowest BCUT2D eigenvalue weighted by molar-refractivity contribution is 0.0947. The van der Waals surface area contributed by atoms with E-state index in [2.05, 4.69) is 20.6 Å². The van der Waals surface area contributed by atoms with E-state index in [1.807, 2.05) is 6.07 Å². The number of nitrogens with zero attached hydrogens (tertiary/aromatic N) is 1. The molecule has 10 heteroatoms. The monoisotopic (exact) mass is 457 g/mol. The number of carbonyl (C=O) groups is 1. The fraction of sp³-hybridized carbons (Fsp3) is 0.273. The molecule has 5 N–H and O–H groups in total. The summed E-state index contributed by atoms with van der Waals surface area (Å²) in [6.45, 7) is 1.29. The Labute approximate surface area is 190 Å². The first-order valence-electron chi connectivity index (χ1n) is 10.0. The molecule has 4 rings (SSSR count). The number of para-hydroxylation sites is 1. The van der Waals surface area contributed by atoms with Gasteiger partial charge in [0.25, 0.3) is 5.91 Å². The number of nitrogens with two attached hydrogens (primary N) is 1. The number of hydrogen-bond donors (Lipinski definition) is 4. The molecule has 3 aromatic rings. The Morgan fingerprint density at radius 3 is 2.91 bits per heavy atom. The molecule has 0 atom stereocenters. The van der Waals surface area contributed by atoms with Crippen molar-refractivity contribution in [1.29, 1.82) is 0 Å². The van der Waals surface area contributed by atoms with Crippen molar-refractivity contribution in [2.75, 3.05) is 45.0 Å². The van der Waals surface area contributed by atoms with E-state index in [4.69, 9.17) is 31.5 Å². The normalized spacial score (nSPS) is 12.8. The SMILES string of the molecule is COCCOc1cnc(N)cc1-c1[nH]c2c(c1Nc1cccc(Cl)c1OC)C(=O)NCC2. The zero-order valence-corrected chi connectivity index (χ0v) is 18.5. The molecule has 1 aliphatic heterocycles. The summed E-state index contributed by atoms with van der Waals surface area (Å²) in [6.07, 6.45) is 2.22. The van der Waals surface area contributed by atoms with Gasteiger partial charge in [0.15, 0.2) is 5.75 Å². The Balaban J connectivity index is 1.87. The van der Waals surface area contributed by atoms with Gasteiger partial charge in [0.2, 0.25) is 0 Å². The summed E-state index contributed by atoms with van der Waals surface area (Å²) in [5, 5.41) is 6.69. The number of pyridine rings is 1. The summed E-state index contributed by atoms with van der Waals surface area (Å²) in [5.74, 6) is 1.12. The van der Waals surface area contributed by atoms with Crippen molar-refractivity contribution in [3.8, 4) is 22.8 Å². The van der Waals surface area contributed by atoms with Gasteiger partial charge < -0.3 is 35.6 Å². The number of aromatic nitrogens is 2. The standard InChI is InChI=1S/C22H24ClN5O4/c1-30-8-9-32-16-11-26-17(24)10-12(16)19-20(18-14(27-19)6-7-25-22(18)29)28-15-5-3-4-13(23)21(15)31-2/h3-5,10-11,27-28H,6-9H2,1-2H3,(H2,24,26)(H,25,29). The highest BCUT2D eigenvalue weighted by molar-refractivity contribution is 6.32. The quantitative estimate of drug-likeness (QED) is 0.382. The molecule has 0 fully saturated rings. The third-order valence-electron chi connectivity index (χ3n) is 5.10. The Bertz CT molecular complexity index is 1150. The summed E-state index contributed by atoms with van der Waals surface area (Å²) in [6, 6.07) is 7.07. The molecule has 1 aromatic carbocycles. The van der Waals surface area contributed by atoms with Crippen LogP contribution in [0.2, 0.25) is 5.02 Å². The second kappa shape index (κ2) is 9.37. The number of rotatable bonds is 8. The van der Waals surface area contributed by atoms with E-state index in [1.165, 1.54) is 7.11 Å². The second-order valence-corrected chi connectivity index (χ2v) is 7.53. The molecular weight excluding hydrogens is 434 g/mol. The molecule has 0 aliphatic carbocycles. The van der Waals surface area contributed by atoms with Gasteiger partial charge in [0, 0.05) is 31.3 Å². The van der Waals surface area contributed by atoms with Crippen molar-refractivity contribution in [3.05, 3.63) is 46.7 Å². The van der Waals surface area contributed by atoms with Crippen LogP contribution in [-0.2, 0) is 11.2 Å². The highest BCUT2D eigenvalue weighted by atomic mass is 35.5. The minimum atomic E-state index is -0.180. The first kappa shape index (κ1) is 21.8. The van der Waals surface area contributed by atoms with Crippen LogP contribution in [-0.4, -0.2) is 49.9 Å². The van der Waals surface area contributed by atoms with Crippen LogP contribution in [0.5, 0.6) is 11.5 Å². The predicted octanol–water partition coefficient (Wildman–Crippen LogP) is 3.38. The first-order chi connectivity index (χ1) is 15.5. The first-order valence-corrected chi connectivity index (χ1v) is 10.4. The highest BCUT2D eigenvalue weighted by Gasteiger charge is 2.29. The van der Waals surface area contributed by atoms with Gasteiger partial charge in [-0.15, -0.1) is 0 Å². The second-order valence-electron chi connectivity index (χ2n) is 7.13. The molecule has 3 heterocycles. The van der Waals surface area contributed by atoms with Gasteiger partial charge >= 0.3 is 0 Å². The molecule has 0 spiro atoms. The van der Waals surface area contributed by atoms with Gasteiger partial charge in [-0.1, -0.05) is 17.7 Å². The molecule has 0 radical (unpaired) electrons. The number of halogens is 1. The van der Waals surface area contributed by atoms with Crippen LogP contribution in [0.4, 0.5) is 17.2 Å². The Hall–Kier alpha value is -3.43. The third kappa shape index (κ3) is 4.17. The molecule has 168 valence electrons.